The number of halogens is 3. The van der Waals surface area contributed by atoms with Crippen LogP contribution in [0.2, 0.25) is 10.0 Å². The zero-order valence-electron chi connectivity index (χ0n) is 13.4. The quantitative estimate of drug-likeness (QED) is 0.714. The maximum atomic E-state index is 12.8. The van der Waals surface area contributed by atoms with Crippen molar-refractivity contribution in [3.05, 3.63) is 58.3 Å². The third-order valence-electron chi connectivity index (χ3n) is 3.20. The van der Waals surface area contributed by atoms with Crippen molar-refractivity contribution in [1.82, 2.24) is 0 Å². The summed E-state index contributed by atoms with van der Waals surface area (Å²) in [6.07, 6.45) is 0. The third-order valence-corrected chi connectivity index (χ3v) is 3.64. The molecule has 2 rings (SSSR count). The molecule has 0 aliphatic rings. The molecule has 0 saturated heterocycles. The fourth-order valence-corrected chi connectivity index (χ4v) is 2.71. The Morgan fingerprint density at radius 1 is 0.920 bits per heavy atom. The predicted octanol–water partition coefficient (Wildman–Crippen LogP) is 2.22. The van der Waals surface area contributed by atoms with Gasteiger partial charge >= 0.3 is 0 Å². The van der Waals surface area contributed by atoms with E-state index < -0.39 is 0 Å². The lowest BCUT2D eigenvalue weighted by Gasteiger charge is -2.14. The van der Waals surface area contributed by atoms with Crippen LogP contribution in [0.3, 0.4) is 0 Å². The van der Waals surface area contributed by atoms with Crippen LogP contribution in [0.25, 0.3) is 0 Å². The van der Waals surface area contributed by atoms with Gasteiger partial charge in [0, 0.05) is 21.4 Å². The first-order valence-electron chi connectivity index (χ1n) is 7.44. The van der Waals surface area contributed by atoms with Crippen LogP contribution < -0.4 is 15.5 Å². The first kappa shape index (κ1) is 19.2. The molecule has 1 unspecified atom stereocenters. The van der Waals surface area contributed by atoms with Crippen LogP contribution in [0, 0.1) is 5.82 Å². The normalized spacial score (nSPS) is 11.7. The van der Waals surface area contributed by atoms with Gasteiger partial charge in [0.05, 0.1) is 7.05 Å². The monoisotopic (exact) mass is 384 g/mol. The molecule has 0 spiro atoms. The molecule has 1 atom stereocenters. The summed E-state index contributed by atoms with van der Waals surface area (Å²) in [6, 6.07) is 10.2. The molecule has 0 aliphatic heterocycles. The highest BCUT2D eigenvalue weighted by Crippen LogP contribution is 2.22. The van der Waals surface area contributed by atoms with Crippen LogP contribution in [-0.4, -0.2) is 32.0 Å². The number of hydrogen-bond acceptors (Lipinski definition) is 2. The molecule has 0 heterocycles. The Bertz CT molecular complexity index is 749. The standard InChI is InChI=1S/C17H16Cl2FN3O2/c1-23(9-16(24)21-14-4-2-13(20)3-5-14)10-17(25)22-15-7-11(18)6-12(19)8-15/h2-8H,9-10H2,1H3,(H,21,24)(H,22,25)/p+1. The van der Waals surface area contributed by atoms with Gasteiger partial charge in [-0.3, -0.25) is 9.59 Å². The minimum atomic E-state index is -0.376. The fourth-order valence-electron chi connectivity index (χ4n) is 2.18. The Hall–Kier alpha value is -2.15. The number of benzene rings is 2. The molecule has 0 aromatic heterocycles. The van der Waals surface area contributed by atoms with E-state index in [0.29, 0.717) is 26.3 Å². The molecule has 25 heavy (non-hydrogen) atoms. The second-order valence-electron chi connectivity index (χ2n) is 5.57. The fraction of sp³-hybridized carbons (Fsp3) is 0.176. The number of amides is 2. The van der Waals surface area contributed by atoms with E-state index in [1.807, 2.05) is 0 Å². The maximum Gasteiger partial charge on any atom is 0.279 e. The van der Waals surface area contributed by atoms with Gasteiger partial charge in [0.25, 0.3) is 11.8 Å². The summed E-state index contributed by atoms with van der Waals surface area (Å²) < 4.78 is 12.8. The molecule has 0 aliphatic carbocycles. The molecule has 132 valence electrons. The second-order valence-corrected chi connectivity index (χ2v) is 6.44. The number of carbonyl (C=O) groups is 2. The van der Waals surface area contributed by atoms with Crippen molar-refractivity contribution in [2.45, 2.75) is 0 Å². The second kappa shape index (κ2) is 8.80. The number of hydrogen-bond donors (Lipinski definition) is 3. The van der Waals surface area contributed by atoms with Gasteiger partial charge in [0.15, 0.2) is 13.1 Å². The number of anilines is 2. The van der Waals surface area contributed by atoms with E-state index in [1.165, 1.54) is 24.3 Å². The average Bonchev–Trinajstić information content (AvgIpc) is 2.47. The highest BCUT2D eigenvalue weighted by atomic mass is 35.5. The van der Waals surface area contributed by atoms with E-state index in [9.17, 15) is 14.0 Å². The molecule has 0 fully saturated rings. The van der Waals surface area contributed by atoms with Gasteiger partial charge in [0.2, 0.25) is 0 Å². The summed E-state index contributed by atoms with van der Waals surface area (Å²) in [7, 11) is 1.72. The summed E-state index contributed by atoms with van der Waals surface area (Å²) in [5.41, 5.74) is 0.989. The lowest BCUT2D eigenvalue weighted by atomic mass is 10.3. The van der Waals surface area contributed by atoms with Crippen LogP contribution in [-0.2, 0) is 9.59 Å². The van der Waals surface area contributed by atoms with Crippen molar-refractivity contribution in [3.63, 3.8) is 0 Å². The van der Waals surface area contributed by atoms with Crippen molar-refractivity contribution in [1.29, 1.82) is 0 Å². The highest BCUT2D eigenvalue weighted by molar-refractivity contribution is 6.35. The van der Waals surface area contributed by atoms with Gasteiger partial charge in [-0.15, -0.1) is 0 Å². The summed E-state index contributed by atoms with van der Waals surface area (Å²) >= 11 is 11.8. The molecule has 0 saturated carbocycles. The molecule has 2 aromatic rings. The zero-order chi connectivity index (χ0) is 18.4. The smallest absolute Gasteiger partial charge is 0.279 e. The van der Waals surface area contributed by atoms with E-state index in [-0.39, 0.29) is 30.7 Å². The Labute approximate surface area is 154 Å². The molecule has 8 heteroatoms. The van der Waals surface area contributed by atoms with Gasteiger partial charge in [0.1, 0.15) is 5.82 Å². The van der Waals surface area contributed by atoms with Crippen LogP contribution >= 0.6 is 23.2 Å². The molecule has 3 N–H and O–H groups in total. The average molecular weight is 385 g/mol. The number of likely N-dealkylation sites (N-methyl/N-ethyl adjacent to an activating group) is 1. The predicted molar refractivity (Wildman–Crippen MR) is 96.7 cm³/mol. The van der Waals surface area contributed by atoms with Crippen molar-refractivity contribution in [3.8, 4) is 0 Å². The SMILES string of the molecule is C[NH+](CC(=O)Nc1ccc(F)cc1)CC(=O)Nc1cc(Cl)cc(Cl)c1. The van der Waals surface area contributed by atoms with Crippen LogP contribution in [0.4, 0.5) is 15.8 Å². The number of carbonyl (C=O) groups excluding carboxylic acids is 2. The molecule has 2 aromatic carbocycles. The van der Waals surface area contributed by atoms with E-state index in [2.05, 4.69) is 10.6 Å². The Morgan fingerprint density at radius 3 is 1.92 bits per heavy atom. The van der Waals surface area contributed by atoms with E-state index >= 15 is 0 Å². The van der Waals surface area contributed by atoms with Gasteiger partial charge < -0.3 is 15.5 Å². The van der Waals surface area contributed by atoms with Gasteiger partial charge in [-0.2, -0.15) is 0 Å². The summed E-state index contributed by atoms with van der Waals surface area (Å²) in [5.74, 6) is -0.924. The number of nitrogens with one attached hydrogen (secondary N) is 3. The lowest BCUT2D eigenvalue weighted by molar-refractivity contribution is -0.862. The molecular formula is C17H17Cl2FN3O2+. The van der Waals surface area contributed by atoms with Crippen LogP contribution in [0.1, 0.15) is 0 Å². The van der Waals surface area contributed by atoms with Crippen molar-refractivity contribution >= 4 is 46.4 Å². The lowest BCUT2D eigenvalue weighted by Crippen LogP contribution is -3.11. The molecule has 5 nitrogen and oxygen atoms in total. The number of rotatable bonds is 6. The Kier molecular flexibility index (Phi) is 6.75. The van der Waals surface area contributed by atoms with E-state index in [1.54, 1.807) is 25.2 Å². The third kappa shape index (κ3) is 6.70. The Balaban J connectivity index is 1.82. The van der Waals surface area contributed by atoms with Crippen LogP contribution in [0.5, 0.6) is 0 Å². The largest absolute Gasteiger partial charge is 0.322 e. The molecule has 2 amide bonds. The maximum absolute atomic E-state index is 12.8. The van der Waals surface area contributed by atoms with E-state index in [0.717, 1.165) is 0 Å². The molecule has 0 bridgehead atoms. The van der Waals surface area contributed by atoms with Crippen LogP contribution in [0.15, 0.2) is 42.5 Å². The zero-order valence-corrected chi connectivity index (χ0v) is 14.9. The van der Waals surface area contributed by atoms with Crippen molar-refractivity contribution in [2.75, 3.05) is 30.8 Å². The topological polar surface area (TPSA) is 62.6 Å². The minimum absolute atomic E-state index is 0.0843. The van der Waals surface area contributed by atoms with Gasteiger partial charge in [-0.25, -0.2) is 4.39 Å². The van der Waals surface area contributed by atoms with Gasteiger partial charge in [-0.05, 0) is 42.5 Å². The molecule has 0 radical (unpaired) electrons. The van der Waals surface area contributed by atoms with E-state index in [4.69, 9.17) is 23.2 Å². The molecular weight excluding hydrogens is 368 g/mol. The minimum Gasteiger partial charge on any atom is -0.322 e. The first-order chi connectivity index (χ1) is 11.8. The summed E-state index contributed by atoms with van der Waals surface area (Å²) in [5, 5.41) is 6.16. The summed E-state index contributed by atoms with van der Waals surface area (Å²) in [6.45, 7) is 0.169. The van der Waals surface area contributed by atoms with Crippen molar-refractivity contribution in [2.24, 2.45) is 0 Å². The van der Waals surface area contributed by atoms with Crippen molar-refractivity contribution < 1.29 is 18.9 Å². The highest BCUT2D eigenvalue weighted by Gasteiger charge is 2.15. The summed E-state index contributed by atoms with van der Waals surface area (Å²) in [4.78, 5) is 24.7. The van der Waals surface area contributed by atoms with Gasteiger partial charge in [-0.1, -0.05) is 23.2 Å². The Morgan fingerprint density at radius 2 is 1.40 bits per heavy atom. The first-order valence-corrected chi connectivity index (χ1v) is 8.20. The number of quaternary nitrogens is 1.